The molecule has 0 radical (unpaired) electrons. The van der Waals surface area contributed by atoms with Crippen molar-refractivity contribution in [3.63, 3.8) is 0 Å². The second-order valence-electron chi connectivity index (χ2n) is 4.64. The zero-order valence-electron chi connectivity index (χ0n) is 10.4. The van der Waals surface area contributed by atoms with Gasteiger partial charge in [0.15, 0.2) is 0 Å². The molecule has 4 heteroatoms. The van der Waals surface area contributed by atoms with Gasteiger partial charge in [-0.15, -0.1) is 0 Å². The number of aromatic nitrogens is 1. The maximum Gasteiger partial charge on any atom is 0.138 e. The van der Waals surface area contributed by atoms with Crippen molar-refractivity contribution < 1.29 is 5.11 Å². The molecule has 0 bridgehead atoms. The Morgan fingerprint density at radius 2 is 2.12 bits per heavy atom. The third-order valence-corrected chi connectivity index (χ3v) is 3.19. The summed E-state index contributed by atoms with van der Waals surface area (Å²) in [6, 6.07) is 3.53. The standard InChI is InChI=1S/C13H21N3O/c1-11-4-5-13(17)12(15-11)10-14-6-9-16-7-2-3-8-16/h4-5,14,17H,2-3,6-10H2,1H3. The number of nitrogens with zero attached hydrogens (tertiary/aromatic N) is 2. The number of likely N-dealkylation sites (tertiary alicyclic amines) is 1. The largest absolute Gasteiger partial charge is 0.506 e. The molecule has 0 unspecified atom stereocenters. The lowest BCUT2D eigenvalue weighted by atomic mass is 10.3. The van der Waals surface area contributed by atoms with Crippen LogP contribution < -0.4 is 5.32 Å². The van der Waals surface area contributed by atoms with E-state index in [0.717, 1.165) is 24.5 Å². The fourth-order valence-corrected chi connectivity index (χ4v) is 2.18. The number of hydrogen-bond donors (Lipinski definition) is 2. The molecule has 1 aromatic rings. The average Bonchev–Trinajstić information content (AvgIpc) is 2.82. The van der Waals surface area contributed by atoms with Gasteiger partial charge in [0.2, 0.25) is 0 Å². The van der Waals surface area contributed by atoms with Gasteiger partial charge in [0, 0.05) is 25.3 Å². The van der Waals surface area contributed by atoms with E-state index in [9.17, 15) is 5.11 Å². The summed E-state index contributed by atoms with van der Waals surface area (Å²) in [5, 5.41) is 13.0. The van der Waals surface area contributed by atoms with Crippen LogP contribution in [0.2, 0.25) is 0 Å². The van der Waals surface area contributed by atoms with Crippen LogP contribution in [0.3, 0.4) is 0 Å². The van der Waals surface area contributed by atoms with E-state index in [2.05, 4.69) is 15.2 Å². The second kappa shape index (κ2) is 5.98. The number of rotatable bonds is 5. The summed E-state index contributed by atoms with van der Waals surface area (Å²) < 4.78 is 0. The first-order valence-electron chi connectivity index (χ1n) is 6.34. The van der Waals surface area contributed by atoms with Gasteiger partial charge in [0.1, 0.15) is 5.75 Å². The molecule has 0 atom stereocenters. The van der Waals surface area contributed by atoms with Crippen molar-refractivity contribution in [2.75, 3.05) is 26.2 Å². The van der Waals surface area contributed by atoms with E-state index in [0.29, 0.717) is 6.54 Å². The number of aromatic hydroxyl groups is 1. The lowest BCUT2D eigenvalue weighted by Gasteiger charge is -2.14. The highest BCUT2D eigenvalue weighted by molar-refractivity contribution is 5.27. The topological polar surface area (TPSA) is 48.4 Å². The normalized spacial score (nSPS) is 16.5. The smallest absolute Gasteiger partial charge is 0.138 e. The molecule has 1 aliphatic heterocycles. The first-order valence-corrected chi connectivity index (χ1v) is 6.34. The molecular formula is C13H21N3O. The Kier molecular flexibility index (Phi) is 4.34. The van der Waals surface area contributed by atoms with Crippen LogP contribution in [0.5, 0.6) is 5.75 Å². The summed E-state index contributed by atoms with van der Waals surface area (Å²) in [6.45, 7) is 7.08. The van der Waals surface area contributed by atoms with E-state index < -0.39 is 0 Å². The van der Waals surface area contributed by atoms with Crippen LogP contribution in [-0.2, 0) is 6.54 Å². The van der Waals surface area contributed by atoms with E-state index in [4.69, 9.17) is 0 Å². The van der Waals surface area contributed by atoms with Gasteiger partial charge in [0.25, 0.3) is 0 Å². The molecule has 2 heterocycles. The van der Waals surface area contributed by atoms with Crippen LogP contribution in [0, 0.1) is 6.92 Å². The number of aryl methyl sites for hydroxylation is 1. The highest BCUT2D eigenvalue weighted by atomic mass is 16.3. The monoisotopic (exact) mass is 235 g/mol. The molecule has 0 amide bonds. The summed E-state index contributed by atoms with van der Waals surface area (Å²) in [4.78, 5) is 6.78. The van der Waals surface area contributed by atoms with Crippen molar-refractivity contribution in [1.29, 1.82) is 0 Å². The summed E-state index contributed by atoms with van der Waals surface area (Å²) in [7, 11) is 0. The number of nitrogens with one attached hydrogen (secondary N) is 1. The quantitative estimate of drug-likeness (QED) is 0.755. The van der Waals surface area contributed by atoms with Crippen LogP contribution in [0.4, 0.5) is 0 Å². The van der Waals surface area contributed by atoms with Crippen LogP contribution in [0.1, 0.15) is 24.2 Å². The van der Waals surface area contributed by atoms with Gasteiger partial charge >= 0.3 is 0 Å². The second-order valence-corrected chi connectivity index (χ2v) is 4.64. The molecule has 17 heavy (non-hydrogen) atoms. The highest BCUT2D eigenvalue weighted by Crippen LogP contribution is 2.14. The van der Waals surface area contributed by atoms with Crippen molar-refractivity contribution in [2.45, 2.75) is 26.3 Å². The summed E-state index contributed by atoms with van der Waals surface area (Å²) in [6.07, 6.45) is 2.67. The fraction of sp³-hybridized carbons (Fsp3) is 0.615. The van der Waals surface area contributed by atoms with Gasteiger partial charge in [0.05, 0.1) is 5.69 Å². The maximum atomic E-state index is 9.63. The van der Waals surface area contributed by atoms with Gasteiger partial charge in [-0.1, -0.05) is 0 Å². The predicted octanol–water partition coefficient (Wildman–Crippen LogP) is 1.28. The molecule has 2 rings (SSSR count). The molecular weight excluding hydrogens is 214 g/mol. The molecule has 0 aliphatic carbocycles. The molecule has 0 saturated carbocycles. The maximum absolute atomic E-state index is 9.63. The van der Waals surface area contributed by atoms with Crippen molar-refractivity contribution in [3.05, 3.63) is 23.5 Å². The minimum Gasteiger partial charge on any atom is -0.506 e. The number of pyridine rings is 1. The lowest BCUT2D eigenvalue weighted by Crippen LogP contribution is -2.29. The molecule has 2 N–H and O–H groups in total. The van der Waals surface area contributed by atoms with Gasteiger partial charge in [-0.05, 0) is 45.0 Å². The van der Waals surface area contributed by atoms with Crippen molar-refractivity contribution in [1.82, 2.24) is 15.2 Å². The first-order chi connectivity index (χ1) is 8.25. The fourth-order valence-electron chi connectivity index (χ4n) is 2.18. The molecule has 4 nitrogen and oxygen atoms in total. The average molecular weight is 235 g/mol. The summed E-state index contributed by atoms with van der Waals surface area (Å²) in [5.41, 5.74) is 1.69. The Bertz CT molecular complexity index is 362. The molecule has 0 aromatic carbocycles. The van der Waals surface area contributed by atoms with E-state index in [1.54, 1.807) is 6.07 Å². The first kappa shape index (κ1) is 12.3. The SMILES string of the molecule is Cc1ccc(O)c(CNCCN2CCCC2)n1. The highest BCUT2D eigenvalue weighted by Gasteiger charge is 2.10. The van der Waals surface area contributed by atoms with Crippen LogP contribution >= 0.6 is 0 Å². The van der Waals surface area contributed by atoms with Crippen molar-refractivity contribution in [3.8, 4) is 5.75 Å². The van der Waals surface area contributed by atoms with E-state index >= 15 is 0 Å². The minimum atomic E-state index is 0.282. The Labute approximate surface area is 103 Å². The third-order valence-electron chi connectivity index (χ3n) is 3.19. The molecule has 0 spiro atoms. The zero-order chi connectivity index (χ0) is 12.1. The van der Waals surface area contributed by atoms with Gasteiger partial charge in [-0.2, -0.15) is 0 Å². The van der Waals surface area contributed by atoms with Crippen molar-refractivity contribution >= 4 is 0 Å². The third kappa shape index (κ3) is 3.68. The zero-order valence-corrected chi connectivity index (χ0v) is 10.4. The molecule has 1 fully saturated rings. The van der Waals surface area contributed by atoms with Gasteiger partial charge in [-0.3, -0.25) is 4.98 Å². The molecule has 1 aliphatic rings. The molecule has 1 saturated heterocycles. The van der Waals surface area contributed by atoms with E-state index in [1.807, 2.05) is 13.0 Å². The Balaban J connectivity index is 1.72. The minimum absolute atomic E-state index is 0.282. The lowest BCUT2D eigenvalue weighted by molar-refractivity contribution is 0.334. The summed E-state index contributed by atoms with van der Waals surface area (Å²) in [5.74, 6) is 0.282. The van der Waals surface area contributed by atoms with E-state index in [-0.39, 0.29) is 5.75 Å². The van der Waals surface area contributed by atoms with Gasteiger partial charge < -0.3 is 15.3 Å². The number of hydrogen-bond acceptors (Lipinski definition) is 4. The van der Waals surface area contributed by atoms with Crippen LogP contribution in [0.15, 0.2) is 12.1 Å². The van der Waals surface area contributed by atoms with Crippen molar-refractivity contribution in [2.24, 2.45) is 0 Å². The van der Waals surface area contributed by atoms with E-state index in [1.165, 1.54) is 25.9 Å². The van der Waals surface area contributed by atoms with Crippen LogP contribution in [0.25, 0.3) is 0 Å². The Hall–Kier alpha value is -1.13. The molecule has 94 valence electrons. The Morgan fingerprint density at radius 1 is 1.35 bits per heavy atom. The van der Waals surface area contributed by atoms with Gasteiger partial charge in [-0.25, -0.2) is 0 Å². The van der Waals surface area contributed by atoms with Crippen LogP contribution in [-0.4, -0.2) is 41.2 Å². The summed E-state index contributed by atoms with van der Waals surface area (Å²) >= 11 is 0. The molecule has 1 aromatic heterocycles. The Morgan fingerprint density at radius 3 is 2.88 bits per heavy atom. The predicted molar refractivity (Wildman–Crippen MR) is 68.0 cm³/mol.